The molecule has 0 aliphatic rings. The Morgan fingerprint density at radius 1 is 1.31 bits per heavy atom. The molecule has 0 amide bonds. The smallest absolute Gasteiger partial charge is 0.0753 e. The second kappa shape index (κ2) is 8.19. The predicted octanol–water partition coefficient (Wildman–Crippen LogP) is 1.94. The normalized spacial score (nSPS) is 12.6. The first-order chi connectivity index (χ1) is 7.84. The van der Waals surface area contributed by atoms with Crippen molar-refractivity contribution >= 4 is 0 Å². The summed E-state index contributed by atoms with van der Waals surface area (Å²) in [7, 11) is 1.74. The number of hydrogen-bond acceptors (Lipinski definition) is 4. The number of hydrogen-bond donors (Lipinski definition) is 1. The lowest BCUT2D eigenvalue weighted by atomic mass is 10.2. The van der Waals surface area contributed by atoms with Crippen molar-refractivity contribution in [3.8, 4) is 0 Å². The molecule has 0 saturated heterocycles. The minimum Gasteiger partial charge on any atom is -0.385 e. The van der Waals surface area contributed by atoms with Crippen LogP contribution in [0.25, 0.3) is 0 Å². The van der Waals surface area contributed by atoms with Crippen molar-refractivity contribution < 1.29 is 4.74 Å². The van der Waals surface area contributed by atoms with E-state index in [-0.39, 0.29) is 6.04 Å². The van der Waals surface area contributed by atoms with Crippen LogP contribution in [0.4, 0.5) is 0 Å². The molecule has 0 radical (unpaired) electrons. The zero-order chi connectivity index (χ0) is 11.6. The van der Waals surface area contributed by atoms with Crippen LogP contribution >= 0.6 is 0 Å². The Bertz CT molecular complexity index is 266. The molecule has 0 bridgehead atoms. The van der Waals surface area contributed by atoms with Gasteiger partial charge in [-0.1, -0.05) is 0 Å². The van der Waals surface area contributed by atoms with Crippen LogP contribution in [0.15, 0.2) is 18.6 Å². The number of aromatic nitrogens is 2. The molecule has 0 aliphatic heterocycles. The van der Waals surface area contributed by atoms with Gasteiger partial charge in [0, 0.05) is 38.3 Å². The second-order valence-corrected chi connectivity index (χ2v) is 3.86. The molecule has 0 spiro atoms. The Kier molecular flexibility index (Phi) is 6.69. The third kappa shape index (κ3) is 5.19. The van der Waals surface area contributed by atoms with Gasteiger partial charge in [-0.05, 0) is 32.7 Å². The highest BCUT2D eigenvalue weighted by Gasteiger charge is 2.04. The van der Waals surface area contributed by atoms with Crippen molar-refractivity contribution in [2.45, 2.75) is 32.2 Å². The Hall–Kier alpha value is -1.00. The summed E-state index contributed by atoms with van der Waals surface area (Å²) < 4.78 is 5.00. The minimum atomic E-state index is 0.274. The number of nitrogens with one attached hydrogen (secondary N) is 1. The Morgan fingerprint density at radius 3 is 2.88 bits per heavy atom. The number of unbranched alkanes of at least 4 members (excludes halogenated alkanes) is 2. The summed E-state index contributed by atoms with van der Waals surface area (Å²) in [6.07, 6.45) is 8.75. The molecule has 1 heterocycles. The average Bonchev–Trinajstić information content (AvgIpc) is 2.34. The second-order valence-electron chi connectivity index (χ2n) is 3.86. The lowest BCUT2D eigenvalue weighted by Crippen LogP contribution is -2.20. The van der Waals surface area contributed by atoms with E-state index in [0.29, 0.717) is 0 Å². The SMILES string of the molecule is COCCCCCNC(C)c1cnccn1. The zero-order valence-corrected chi connectivity index (χ0v) is 10.1. The Morgan fingerprint density at radius 2 is 2.19 bits per heavy atom. The number of nitrogens with zero attached hydrogens (tertiary/aromatic N) is 2. The van der Waals surface area contributed by atoms with E-state index in [2.05, 4.69) is 22.2 Å². The average molecular weight is 223 g/mol. The first-order valence-corrected chi connectivity index (χ1v) is 5.83. The van der Waals surface area contributed by atoms with E-state index >= 15 is 0 Å². The van der Waals surface area contributed by atoms with E-state index in [1.807, 2.05) is 6.20 Å². The van der Waals surface area contributed by atoms with E-state index in [9.17, 15) is 0 Å². The molecule has 0 aromatic carbocycles. The van der Waals surface area contributed by atoms with E-state index in [0.717, 1.165) is 25.3 Å². The Balaban J connectivity index is 2.09. The molecule has 4 nitrogen and oxygen atoms in total. The summed E-state index contributed by atoms with van der Waals surface area (Å²) in [5, 5.41) is 3.43. The van der Waals surface area contributed by atoms with Crippen LogP contribution in [0.3, 0.4) is 0 Å². The zero-order valence-electron chi connectivity index (χ0n) is 10.1. The van der Waals surface area contributed by atoms with Gasteiger partial charge in [0.25, 0.3) is 0 Å². The molecular weight excluding hydrogens is 202 g/mol. The van der Waals surface area contributed by atoms with Crippen molar-refractivity contribution in [2.75, 3.05) is 20.3 Å². The first-order valence-electron chi connectivity index (χ1n) is 5.83. The van der Waals surface area contributed by atoms with Crippen molar-refractivity contribution in [1.29, 1.82) is 0 Å². The summed E-state index contributed by atoms with van der Waals surface area (Å²) in [5.41, 5.74) is 0.999. The van der Waals surface area contributed by atoms with Crippen molar-refractivity contribution in [2.24, 2.45) is 0 Å². The summed E-state index contributed by atoms with van der Waals surface area (Å²) in [6.45, 7) is 3.99. The maximum atomic E-state index is 5.00. The summed E-state index contributed by atoms with van der Waals surface area (Å²) in [4.78, 5) is 8.32. The molecule has 1 rings (SSSR count). The van der Waals surface area contributed by atoms with Gasteiger partial charge in [0.1, 0.15) is 0 Å². The third-order valence-corrected chi connectivity index (χ3v) is 2.50. The molecule has 1 aromatic heterocycles. The van der Waals surface area contributed by atoms with Crippen molar-refractivity contribution in [1.82, 2.24) is 15.3 Å². The fraction of sp³-hybridized carbons (Fsp3) is 0.667. The first kappa shape index (κ1) is 13.1. The van der Waals surface area contributed by atoms with E-state index in [1.54, 1.807) is 19.5 Å². The van der Waals surface area contributed by atoms with Crippen LogP contribution in [0, 0.1) is 0 Å². The number of methoxy groups -OCH3 is 1. The van der Waals surface area contributed by atoms with Gasteiger partial charge >= 0.3 is 0 Å². The van der Waals surface area contributed by atoms with Crippen LogP contribution in [-0.2, 0) is 4.74 Å². The largest absolute Gasteiger partial charge is 0.385 e. The predicted molar refractivity (Wildman–Crippen MR) is 64.2 cm³/mol. The maximum absolute atomic E-state index is 5.00. The van der Waals surface area contributed by atoms with Gasteiger partial charge in [0.05, 0.1) is 5.69 Å². The van der Waals surface area contributed by atoms with Crippen LogP contribution < -0.4 is 5.32 Å². The molecule has 16 heavy (non-hydrogen) atoms. The number of rotatable bonds is 8. The van der Waals surface area contributed by atoms with Crippen LogP contribution in [0.2, 0.25) is 0 Å². The van der Waals surface area contributed by atoms with Crippen LogP contribution in [0.1, 0.15) is 37.9 Å². The van der Waals surface area contributed by atoms with Crippen molar-refractivity contribution in [3.63, 3.8) is 0 Å². The highest BCUT2D eigenvalue weighted by atomic mass is 16.5. The monoisotopic (exact) mass is 223 g/mol. The van der Waals surface area contributed by atoms with E-state index in [1.165, 1.54) is 12.8 Å². The fourth-order valence-corrected chi connectivity index (χ4v) is 1.51. The lowest BCUT2D eigenvalue weighted by molar-refractivity contribution is 0.192. The van der Waals surface area contributed by atoms with Gasteiger partial charge in [0.2, 0.25) is 0 Å². The molecular formula is C12H21N3O. The van der Waals surface area contributed by atoms with Gasteiger partial charge in [-0.2, -0.15) is 0 Å². The number of ether oxygens (including phenoxy) is 1. The molecule has 4 heteroatoms. The topological polar surface area (TPSA) is 47.0 Å². The molecule has 0 saturated carbocycles. The van der Waals surface area contributed by atoms with Gasteiger partial charge in [-0.25, -0.2) is 0 Å². The summed E-state index contributed by atoms with van der Waals surface area (Å²) >= 11 is 0. The summed E-state index contributed by atoms with van der Waals surface area (Å²) in [6, 6.07) is 0.274. The third-order valence-electron chi connectivity index (χ3n) is 2.50. The molecule has 0 aliphatic carbocycles. The van der Waals surface area contributed by atoms with Gasteiger partial charge in [-0.3, -0.25) is 9.97 Å². The van der Waals surface area contributed by atoms with Gasteiger partial charge in [-0.15, -0.1) is 0 Å². The highest BCUT2D eigenvalue weighted by Crippen LogP contribution is 2.06. The van der Waals surface area contributed by atoms with Gasteiger partial charge in [0.15, 0.2) is 0 Å². The molecule has 90 valence electrons. The van der Waals surface area contributed by atoms with Crippen molar-refractivity contribution in [3.05, 3.63) is 24.3 Å². The summed E-state index contributed by atoms with van der Waals surface area (Å²) in [5.74, 6) is 0. The fourth-order valence-electron chi connectivity index (χ4n) is 1.51. The van der Waals surface area contributed by atoms with E-state index < -0.39 is 0 Å². The maximum Gasteiger partial charge on any atom is 0.0753 e. The molecule has 1 unspecified atom stereocenters. The minimum absolute atomic E-state index is 0.274. The molecule has 1 N–H and O–H groups in total. The lowest BCUT2D eigenvalue weighted by Gasteiger charge is -2.12. The van der Waals surface area contributed by atoms with Gasteiger partial charge < -0.3 is 10.1 Å². The molecule has 0 fully saturated rings. The quantitative estimate of drug-likeness (QED) is 0.684. The van der Waals surface area contributed by atoms with Crippen LogP contribution in [-0.4, -0.2) is 30.2 Å². The van der Waals surface area contributed by atoms with Crippen LogP contribution in [0.5, 0.6) is 0 Å². The van der Waals surface area contributed by atoms with E-state index in [4.69, 9.17) is 4.74 Å². The molecule has 1 atom stereocenters. The molecule has 1 aromatic rings. The standard InChI is InChI=1S/C12H21N3O/c1-11(12-10-13-7-8-15-12)14-6-4-3-5-9-16-2/h7-8,10-11,14H,3-6,9H2,1-2H3. The Labute approximate surface area is 97.5 Å². The highest BCUT2D eigenvalue weighted by molar-refractivity contribution is 5.00.